The van der Waals surface area contributed by atoms with Crippen LogP contribution in [0.25, 0.3) is 0 Å². The summed E-state index contributed by atoms with van der Waals surface area (Å²) < 4.78 is 0. The molecule has 1 saturated carbocycles. The Balaban J connectivity index is 1.91. The van der Waals surface area contributed by atoms with Crippen LogP contribution >= 0.6 is 0 Å². The number of aryl methyl sites for hydroxylation is 1. The van der Waals surface area contributed by atoms with Crippen LogP contribution in [-0.2, 0) is 16.0 Å². The first-order valence-electron chi connectivity index (χ1n) is 7.26. The van der Waals surface area contributed by atoms with Gasteiger partial charge in [0.15, 0.2) is 0 Å². The number of anilines is 1. The molecule has 2 rings (SSSR count). The Morgan fingerprint density at radius 2 is 1.90 bits per heavy atom. The average Bonchev–Trinajstić information content (AvgIpc) is 3.28. The first-order chi connectivity index (χ1) is 9.61. The van der Waals surface area contributed by atoms with Gasteiger partial charge in [-0.3, -0.25) is 9.59 Å². The monoisotopic (exact) mass is 274 g/mol. The van der Waals surface area contributed by atoms with Crippen molar-refractivity contribution < 1.29 is 9.59 Å². The highest BCUT2D eigenvalue weighted by Crippen LogP contribution is 2.28. The van der Waals surface area contributed by atoms with Crippen molar-refractivity contribution in [2.45, 2.75) is 33.1 Å². The van der Waals surface area contributed by atoms with Crippen LogP contribution in [0.4, 0.5) is 5.69 Å². The lowest BCUT2D eigenvalue weighted by Gasteiger charge is -2.21. The third-order valence-corrected chi connectivity index (χ3v) is 3.62. The first kappa shape index (κ1) is 14.6. The Hall–Kier alpha value is -1.84. The highest BCUT2D eigenvalue weighted by molar-refractivity contribution is 5.91. The van der Waals surface area contributed by atoms with E-state index in [1.807, 2.05) is 24.3 Å². The Kier molecular flexibility index (Phi) is 4.77. The second-order valence-corrected chi connectivity index (χ2v) is 5.26. The minimum Gasteiger partial charge on any atom is -0.354 e. The number of amides is 2. The molecule has 0 saturated heterocycles. The summed E-state index contributed by atoms with van der Waals surface area (Å²) in [4.78, 5) is 25.0. The van der Waals surface area contributed by atoms with Crippen molar-refractivity contribution in [2.75, 3.05) is 18.0 Å². The van der Waals surface area contributed by atoms with E-state index in [9.17, 15) is 9.59 Å². The van der Waals surface area contributed by atoms with Gasteiger partial charge in [0.1, 0.15) is 0 Å². The molecule has 4 heteroatoms. The molecule has 20 heavy (non-hydrogen) atoms. The van der Waals surface area contributed by atoms with Crippen molar-refractivity contribution in [1.29, 1.82) is 0 Å². The summed E-state index contributed by atoms with van der Waals surface area (Å²) in [6, 6.07) is 7.99. The van der Waals surface area contributed by atoms with Gasteiger partial charge in [-0.25, -0.2) is 0 Å². The molecule has 0 bridgehead atoms. The zero-order chi connectivity index (χ0) is 14.5. The first-order valence-corrected chi connectivity index (χ1v) is 7.26. The fourth-order valence-corrected chi connectivity index (χ4v) is 2.16. The van der Waals surface area contributed by atoms with Crippen molar-refractivity contribution in [1.82, 2.24) is 5.32 Å². The zero-order valence-corrected chi connectivity index (χ0v) is 12.2. The van der Waals surface area contributed by atoms with Crippen molar-refractivity contribution in [3.05, 3.63) is 29.8 Å². The van der Waals surface area contributed by atoms with Gasteiger partial charge in [-0.15, -0.1) is 0 Å². The normalized spacial score (nSPS) is 13.9. The smallest absolute Gasteiger partial charge is 0.223 e. The van der Waals surface area contributed by atoms with Crippen LogP contribution in [0.15, 0.2) is 24.3 Å². The number of carbonyl (C=O) groups is 2. The predicted molar refractivity (Wildman–Crippen MR) is 79.6 cm³/mol. The van der Waals surface area contributed by atoms with Crippen molar-refractivity contribution in [3.8, 4) is 0 Å². The van der Waals surface area contributed by atoms with E-state index in [-0.39, 0.29) is 17.7 Å². The quantitative estimate of drug-likeness (QED) is 0.864. The average molecular weight is 274 g/mol. The summed E-state index contributed by atoms with van der Waals surface area (Å²) in [7, 11) is 0. The Bertz CT molecular complexity index is 478. The summed E-state index contributed by atoms with van der Waals surface area (Å²) in [6.07, 6.45) is 2.99. The predicted octanol–water partition coefficient (Wildman–Crippen LogP) is 2.13. The van der Waals surface area contributed by atoms with Gasteiger partial charge < -0.3 is 10.2 Å². The molecule has 1 aliphatic carbocycles. The fourth-order valence-electron chi connectivity index (χ4n) is 2.16. The van der Waals surface area contributed by atoms with Crippen LogP contribution in [0.1, 0.15) is 32.3 Å². The van der Waals surface area contributed by atoms with E-state index in [1.165, 1.54) is 5.56 Å². The number of rotatable bonds is 6. The van der Waals surface area contributed by atoms with Gasteiger partial charge in [-0.1, -0.05) is 19.1 Å². The maximum Gasteiger partial charge on any atom is 0.223 e. The van der Waals surface area contributed by atoms with Gasteiger partial charge >= 0.3 is 0 Å². The molecular formula is C16H22N2O2. The lowest BCUT2D eigenvalue weighted by atomic mass is 10.1. The molecule has 0 spiro atoms. The third kappa shape index (κ3) is 3.83. The van der Waals surface area contributed by atoms with E-state index in [0.717, 1.165) is 24.9 Å². The topological polar surface area (TPSA) is 49.4 Å². The number of nitrogens with one attached hydrogen (secondary N) is 1. The van der Waals surface area contributed by atoms with E-state index >= 15 is 0 Å². The maximum atomic E-state index is 11.7. The lowest BCUT2D eigenvalue weighted by Crippen LogP contribution is -2.38. The summed E-state index contributed by atoms with van der Waals surface area (Å²) in [5.74, 6) is 0.328. The molecule has 1 aliphatic rings. The van der Waals surface area contributed by atoms with Crippen molar-refractivity contribution in [3.63, 3.8) is 0 Å². The molecule has 0 radical (unpaired) electrons. The van der Waals surface area contributed by atoms with Gasteiger partial charge in [-0.05, 0) is 37.0 Å². The second kappa shape index (κ2) is 6.55. The minimum atomic E-state index is -0.00470. The summed E-state index contributed by atoms with van der Waals surface area (Å²) in [5, 5.41) is 2.89. The highest BCUT2D eigenvalue weighted by Gasteiger charge is 2.29. The number of hydrogen-bond donors (Lipinski definition) is 1. The molecule has 4 nitrogen and oxygen atoms in total. The summed E-state index contributed by atoms with van der Waals surface area (Å²) >= 11 is 0. The molecule has 0 unspecified atom stereocenters. The lowest BCUT2D eigenvalue weighted by molar-refractivity contribution is -0.122. The molecule has 2 amide bonds. The molecule has 108 valence electrons. The van der Waals surface area contributed by atoms with Crippen LogP contribution in [0, 0.1) is 5.92 Å². The SMILES string of the molecule is CCc1ccc(N(CCNC(=O)C2CC2)C(C)=O)cc1. The zero-order valence-electron chi connectivity index (χ0n) is 12.2. The molecule has 0 heterocycles. The van der Waals surface area contributed by atoms with Gasteiger partial charge in [0, 0.05) is 31.6 Å². The molecule has 1 fully saturated rings. The maximum absolute atomic E-state index is 11.7. The van der Waals surface area contributed by atoms with Gasteiger partial charge in [0.25, 0.3) is 0 Å². The fraction of sp³-hybridized carbons (Fsp3) is 0.500. The van der Waals surface area contributed by atoms with E-state index < -0.39 is 0 Å². The Labute approximate surface area is 120 Å². The minimum absolute atomic E-state index is 0.00470. The number of nitrogens with zero attached hydrogens (tertiary/aromatic N) is 1. The van der Waals surface area contributed by atoms with Crippen molar-refractivity contribution in [2.24, 2.45) is 5.92 Å². The van der Waals surface area contributed by atoms with E-state index in [2.05, 4.69) is 12.2 Å². The number of hydrogen-bond acceptors (Lipinski definition) is 2. The summed E-state index contributed by atoms with van der Waals surface area (Å²) in [6.45, 7) is 4.67. The second-order valence-electron chi connectivity index (χ2n) is 5.26. The van der Waals surface area contributed by atoms with E-state index in [0.29, 0.717) is 13.1 Å². The van der Waals surface area contributed by atoms with Crippen LogP contribution in [0.5, 0.6) is 0 Å². The third-order valence-electron chi connectivity index (χ3n) is 3.62. The molecule has 1 aromatic carbocycles. The molecule has 1 aromatic rings. The van der Waals surface area contributed by atoms with Crippen LogP contribution in [-0.4, -0.2) is 24.9 Å². The Morgan fingerprint density at radius 1 is 1.25 bits per heavy atom. The standard InChI is InChI=1S/C16H22N2O2/c1-3-13-4-8-15(9-5-13)18(12(2)19)11-10-17-16(20)14-6-7-14/h4-5,8-9,14H,3,6-7,10-11H2,1-2H3,(H,17,20). The van der Waals surface area contributed by atoms with Gasteiger partial charge in [0.2, 0.25) is 11.8 Å². The van der Waals surface area contributed by atoms with E-state index in [4.69, 9.17) is 0 Å². The molecule has 0 aromatic heterocycles. The van der Waals surface area contributed by atoms with Crippen molar-refractivity contribution >= 4 is 17.5 Å². The molecule has 0 atom stereocenters. The highest BCUT2D eigenvalue weighted by atomic mass is 16.2. The summed E-state index contributed by atoms with van der Waals surface area (Å²) in [5.41, 5.74) is 2.13. The van der Waals surface area contributed by atoms with Gasteiger partial charge in [-0.2, -0.15) is 0 Å². The van der Waals surface area contributed by atoms with E-state index in [1.54, 1.807) is 11.8 Å². The number of carbonyl (C=O) groups excluding carboxylic acids is 2. The Morgan fingerprint density at radius 3 is 2.40 bits per heavy atom. The van der Waals surface area contributed by atoms with Crippen LogP contribution in [0.3, 0.4) is 0 Å². The number of benzene rings is 1. The molecule has 0 aliphatic heterocycles. The van der Waals surface area contributed by atoms with Crippen LogP contribution < -0.4 is 10.2 Å². The molecule has 1 N–H and O–H groups in total. The van der Waals surface area contributed by atoms with Gasteiger partial charge in [0.05, 0.1) is 0 Å². The van der Waals surface area contributed by atoms with Crippen LogP contribution in [0.2, 0.25) is 0 Å². The largest absolute Gasteiger partial charge is 0.354 e. The molecular weight excluding hydrogens is 252 g/mol.